The van der Waals surface area contributed by atoms with Crippen LogP contribution in [0, 0.1) is 17.9 Å². The highest BCUT2D eigenvalue weighted by Crippen LogP contribution is 2.40. The SMILES string of the molecule is O=S(=O)=O.[C-]#[N+]/C(c1nc2ccccc2s1)=c1\c2c(-c3ccc(OC(=O)c4ccc5c(c4)C(=O)N(CCC)C5=O)cc3)n(B(c3ccccc3)c3ccccc3)/c(=C(/C#N)c3nc4ccccc4s3)c2c(-c2ccc(OC(=O)c3ccc4c(c3)C(=O)N(CCCS(=O)(=O)O)C4=O)cc2)n1B(c1ccccc1)c1ccccc1. The molecule has 0 spiro atoms. The molecular weight excluding hydrogens is 1490 g/mol. The lowest BCUT2D eigenvalue weighted by molar-refractivity contribution is 0.0639. The van der Waals surface area contributed by atoms with Crippen molar-refractivity contribution in [2.75, 3.05) is 18.8 Å². The number of carbonyl (C=O) groups excluding carboxylic acids is 6. The molecule has 22 nitrogen and oxygen atoms in total. The lowest BCUT2D eigenvalue weighted by atomic mass is 9.50. The highest BCUT2D eigenvalue weighted by molar-refractivity contribution is 7.85. The van der Waals surface area contributed by atoms with Gasteiger partial charge >= 0.3 is 36.2 Å². The van der Waals surface area contributed by atoms with Gasteiger partial charge in [-0.25, -0.2) is 24.4 Å². The zero-order valence-electron chi connectivity index (χ0n) is 58.9. The van der Waals surface area contributed by atoms with Crippen LogP contribution in [0.25, 0.3) is 69.8 Å². The van der Waals surface area contributed by atoms with E-state index < -0.39 is 75.7 Å². The molecule has 16 rings (SSSR count). The first-order chi connectivity index (χ1) is 54.3. The molecule has 2 aliphatic rings. The number of aromatic nitrogens is 4. The van der Waals surface area contributed by atoms with Gasteiger partial charge in [0.2, 0.25) is 5.70 Å². The minimum Gasteiger partial charge on any atom is -0.423 e. The van der Waals surface area contributed by atoms with Gasteiger partial charge in [0.1, 0.15) is 33.2 Å². The fourth-order valence-electron chi connectivity index (χ4n) is 14.4. The van der Waals surface area contributed by atoms with Gasteiger partial charge in [-0.3, -0.25) is 33.5 Å². The summed E-state index contributed by atoms with van der Waals surface area (Å²) in [5, 5.41) is 15.1. The van der Waals surface area contributed by atoms with E-state index in [1.54, 1.807) is 36.4 Å². The zero-order chi connectivity index (χ0) is 78.1. The first kappa shape index (κ1) is 73.9. The van der Waals surface area contributed by atoms with Gasteiger partial charge in [-0.1, -0.05) is 174 Å². The molecule has 6 heterocycles. The molecule has 0 aliphatic carbocycles. The van der Waals surface area contributed by atoms with Crippen molar-refractivity contribution in [1.82, 2.24) is 28.7 Å². The van der Waals surface area contributed by atoms with Crippen molar-refractivity contribution in [2.45, 2.75) is 19.8 Å². The van der Waals surface area contributed by atoms with Crippen LogP contribution in [0.5, 0.6) is 11.5 Å². The van der Waals surface area contributed by atoms with E-state index in [0.717, 1.165) is 36.2 Å². The maximum Gasteiger partial charge on any atom is 0.425 e. The van der Waals surface area contributed by atoms with Crippen molar-refractivity contribution >= 4 is 157 Å². The minimum absolute atomic E-state index is 0.00654. The predicted octanol–water partition coefficient (Wildman–Crippen LogP) is 10.4. The number of benzene rings is 10. The third kappa shape index (κ3) is 14.2. The Morgan fingerprint density at radius 2 is 0.893 bits per heavy atom. The Balaban J connectivity index is 0.00000242. The maximum absolute atomic E-state index is 14.5. The van der Waals surface area contributed by atoms with Crippen molar-refractivity contribution in [3.63, 3.8) is 0 Å². The molecule has 4 amide bonds. The van der Waals surface area contributed by atoms with E-state index in [1.165, 1.54) is 64.0 Å². The van der Waals surface area contributed by atoms with Crippen molar-refractivity contribution in [3.05, 3.63) is 320 Å². The van der Waals surface area contributed by atoms with Crippen molar-refractivity contribution < 1.29 is 63.8 Å². The lowest BCUT2D eigenvalue weighted by Crippen LogP contribution is -2.54. The molecule has 546 valence electrons. The van der Waals surface area contributed by atoms with Crippen LogP contribution in [0.3, 0.4) is 0 Å². The minimum atomic E-state index is -4.38. The third-order valence-corrected chi connectivity index (χ3v) is 22.0. The smallest absolute Gasteiger partial charge is 0.423 e. The van der Waals surface area contributed by atoms with Gasteiger partial charge in [0.05, 0.1) is 71.5 Å². The van der Waals surface area contributed by atoms with E-state index >= 15 is 0 Å². The molecule has 0 saturated heterocycles. The average Bonchev–Trinajstić information content (AvgIpc) is 1.52. The largest absolute Gasteiger partial charge is 0.425 e. The molecule has 0 unspecified atom stereocenters. The van der Waals surface area contributed by atoms with Crippen LogP contribution >= 0.6 is 22.7 Å². The lowest BCUT2D eigenvalue weighted by Gasteiger charge is -2.24. The summed E-state index contributed by atoms with van der Waals surface area (Å²) in [6.07, 6.45) is 0.338. The van der Waals surface area contributed by atoms with Gasteiger partial charge in [-0.05, 0) is 133 Å². The number of fused-ring (bicyclic) bond motifs is 5. The van der Waals surface area contributed by atoms with Gasteiger partial charge in [-0.2, -0.15) is 13.7 Å². The number of hydrogen-bond acceptors (Lipinski definition) is 18. The Kier molecular flexibility index (Phi) is 20.6. The van der Waals surface area contributed by atoms with E-state index in [9.17, 15) is 53.6 Å². The Bertz CT molecular complexity index is 6290. The number of nitrogens with zero attached hydrogens (tertiary/aromatic N) is 8. The monoisotopic (exact) mass is 1550 g/mol. The molecule has 28 heteroatoms. The number of para-hydroxylation sites is 2. The topological polar surface area (TPSA) is 297 Å². The maximum atomic E-state index is 14.5. The van der Waals surface area contributed by atoms with Gasteiger partial charge in [0.25, 0.3) is 33.7 Å². The molecule has 0 atom stereocenters. The van der Waals surface area contributed by atoms with Crippen LogP contribution in [0.4, 0.5) is 0 Å². The summed E-state index contributed by atoms with van der Waals surface area (Å²) in [7, 11) is -7.49. The first-order valence-corrected chi connectivity index (χ1v) is 39.2. The highest BCUT2D eigenvalue weighted by atomic mass is 32.2. The fourth-order valence-corrected chi connectivity index (χ4v) is 16.8. The molecule has 4 aromatic heterocycles. The quantitative estimate of drug-likeness (QED) is 0.0185. The van der Waals surface area contributed by atoms with E-state index in [2.05, 4.69) is 19.9 Å². The second-order valence-electron chi connectivity index (χ2n) is 26.0. The van der Waals surface area contributed by atoms with Crippen LogP contribution in [0.1, 0.15) is 91.9 Å². The standard InChI is InChI=1S/C84H56B2N8O11S3.O3S/c1-3-45-91-79(95)61-43-37-53(48-63(61)81(91)97)83(99)105-60-41-35-52(36-42-60)74-71-70(75(65(50-87)77-89-66-29-16-18-31-68(66)106-77)93(74)85(55-21-8-4-9-22-55)56-23-10-5-11-24-56)73(51-33-39-59(40-34-51)104-84(100)54-38-44-62-64(49-54)82(98)92(80(62)96)46-20-47-108(101,102)103)94(86(57-25-12-6-13-26-57)58-27-14-7-15-28-58)76(71)72(88-2)78-90-67-30-17-19-32-69(67)107-78;1-4(2)3/h4-19,21-44,48-49H,3,20,45-47H2,1H3,(H,101,102,103);/b75-65-,76-72+;. The third-order valence-electron chi connectivity index (χ3n) is 19.1. The molecule has 1 N–H and O–H groups in total. The predicted molar refractivity (Wildman–Crippen MR) is 428 cm³/mol. The van der Waals surface area contributed by atoms with E-state index in [-0.39, 0.29) is 75.7 Å². The van der Waals surface area contributed by atoms with Crippen LogP contribution in [-0.4, -0.2) is 122 Å². The number of imide groups is 2. The number of thiazole rings is 2. The average molecular weight is 1550 g/mol. The zero-order valence-corrected chi connectivity index (χ0v) is 62.2. The molecule has 0 radical (unpaired) electrons. The van der Waals surface area contributed by atoms with E-state index in [0.29, 0.717) is 71.5 Å². The number of carbonyl (C=O) groups is 6. The van der Waals surface area contributed by atoms with Crippen LogP contribution in [-0.2, 0) is 20.7 Å². The summed E-state index contributed by atoms with van der Waals surface area (Å²) in [6, 6.07) is 79.7. The fraction of sp³-hybridized carbons (Fsp3) is 0.0714. The Hall–Kier alpha value is -13.6. The molecule has 0 saturated carbocycles. The molecule has 10 aromatic carbocycles. The summed E-state index contributed by atoms with van der Waals surface area (Å²) in [6.45, 7) is 9.98. The Morgan fingerprint density at radius 1 is 0.518 bits per heavy atom. The molecule has 112 heavy (non-hydrogen) atoms. The second-order valence-corrected chi connectivity index (χ2v) is 30.0. The van der Waals surface area contributed by atoms with Gasteiger partial charge in [0.15, 0.2) is 0 Å². The van der Waals surface area contributed by atoms with Crippen molar-refractivity contribution in [1.29, 1.82) is 5.26 Å². The van der Waals surface area contributed by atoms with Gasteiger partial charge < -0.3 is 18.4 Å². The van der Waals surface area contributed by atoms with Crippen molar-refractivity contribution in [3.8, 4) is 40.1 Å². The summed E-state index contributed by atoms with van der Waals surface area (Å²) < 4.78 is 76.0. The number of nitriles is 1. The summed E-state index contributed by atoms with van der Waals surface area (Å²) in [5.74, 6) is -4.49. The summed E-state index contributed by atoms with van der Waals surface area (Å²) in [5.41, 5.74) is 7.16. The van der Waals surface area contributed by atoms with Crippen LogP contribution in [0.2, 0.25) is 0 Å². The summed E-state index contributed by atoms with van der Waals surface area (Å²) >= 11 is 2.71. The van der Waals surface area contributed by atoms with Crippen LogP contribution in [0.15, 0.2) is 255 Å². The van der Waals surface area contributed by atoms with E-state index in [1.807, 2.05) is 189 Å². The van der Waals surface area contributed by atoms with Gasteiger partial charge in [0, 0.05) is 40.6 Å². The Morgan fingerprint density at radius 3 is 1.29 bits per heavy atom. The Labute approximate surface area is 649 Å². The molecule has 0 fully saturated rings. The van der Waals surface area contributed by atoms with Crippen molar-refractivity contribution in [2.24, 2.45) is 0 Å². The molecule has 2 aliphatic heterocycles. The van der Waals surface area contributed by atoms with Gasteiger partial charge in [-0.15, -0.1) is 35.3 Å². The summed E-state index contributed by atoms with van der Waals surface area (Å²) in [4.78, 5) is 100. The number of amides is 4. The first-order valence-electron chi connectivity index (χ1n) is 34.9. The van der Waals surface area contributed by atoms with E-state index in [4.69, 9.17) is 32.1 Å². The molecule has 14 aromatic rings. The molecule has 0 bridgehead atoms. The number of esters is 2. The molecular formula is C84H56B2N8O14S4. The second kappa shape index (κ2) is 31.2. The highest BCUT2D eigenvalue weighted by Gasteiger charge is 2.40. The number of rotatable bonds is 20. The number of hydrogen-bond donors (Lipinski definition) is 1. The number of ether oxygens (including phenoxy) is 2. The normalized spacial score (nSPS) is 12.9. The van der Waals surface area contributed by atoms with Crippen LogP contribution < -0.4 is 42.0 Å².